The van der Waals surface area contributed by atoms with Crippen molar-refractivity contribution in [3.63, 3.8) is 0 Å². The highest BCUT2D eigenvalue weighted by Gasteiger charge is 2.28. The van der Waals surface area contributed by atoms with E-state index in [1.165, 1.54) is 11.0 Å². The monoisotopic (exact) mass is 469 g/mol. The van der Waals surface area contributed by atoms with E-state index in [2.05, 4.69) is 12.2 Å². The molecule has 0 spiro atoms. The molecule has 2 aromatic carbocycles. The molecule has 3 N–H and O–H groups in total. The van der Waals surface area contributed by atoms with Gasteiger partial charge in [0.1, 0.15) is 23.9 Å². The van der Waals surface area contributed by atoms with Gasteiger partial charge in [-0.05, 0) is 48.7 Å². The lowest BCUT2D eigenvalue weighted by Gasteiger charge is -2.20. The average Bonchev–Trinajstić information content (AvgIpc) is 3.25. The third-order valence-electron chi connectivity index (χ3n) is 5.93. The first-order valence-electron chi connectivity index (χ1n) is 11.9. The third-order valence-corrected chi connectivity index (χ3v) is 5.93. The summed E-state index contributed by atoms with van der Waals surface area (Å²) in [6, 6.07) is 8.14. The first kappa shape index (κ1) is 25.4. The van der Waals surface area contributed by atoms with Crippen LogP contribution in [0.4, 0.5) is 0 Å². The summed E-state index contributed by atoms with van der Waals surface area (Å²) >= 11 is 0. The fourth-order valence-electron chi connectivity index (χ4n) is 3.94. The van der Waals surface area contributed by atoms with Gasteiger partial charge in [-0.1, -0.05) is 26.3 Å². The molecule has 0 unspecified atom stereocenters. The van der Waals surface area contributed by atoms with Crippen molar-refractivity contribution >= 4 is 11.8 Å². The van der Waals surface area contributed by atoms with Crippen molar-refractivity contribution in [2.24, 2.45) is 0 Å². The Morgan fingerprint density at radius 3 is 2.47 bits per heavy atom. The van der Waals surface area contributed by atoms with E-state index in [-0.39, 0.29) is 28.5 Å². The van der Waals surface area contributed by atoms with E-state index in [0.29, 0.717) is 26.2 Å². The minimum Gasteiger partial charge on any atom is -0.507 e. The van der Waals surface area contributed by atoms with E-state index in [9.17, 15) is 19.8 Å². The summed E-state index contributed by atoms with van der Waals surface area (Å²) < 4.78 is 5.81. The van der Waals surface area contributed by atoms with Crippen LogP contribution in [0.5, 0.6) is 17.2 Å². The number of benzene rings is 2. The number of hydrogen-bond donors (Lipinski definition) is 3. The van der Waals surface area contributed by atoms with Crippen LogP contribution in [0.2, 0.25) is 0 Å². The summed E-state index contributed by atoms with van der Waals surface area (Å²) in [4.78, 5) is 29.1. The van der Waals surface area contributed by atoms with Crippen molar-refractivity contribution in [3.05, 3.63) is 52.6 Å². The van der Waals surface area contributed by atoms with Gasteiger partial charge in [0.15, 0.2) is 0 Å². The number of fused-ring (bicyclic) bond motifs is 1. The van der Waals surface area contributed by atoms with E-state index < -0.39 is 5.91 Å². The summed E-state index contributed by atoms with van der Waals surface area (Å²) in [6.45, 7) is 7.74. The number of hydrogen-bond acceptors (Lipinski definition) is 6. The summed E-state index contributed by atoms with van der Waals surface area (Å²) in [5, 5.41) is 23.9. The molecule has 0 radical (unpaired) electrons. The summed E-state index contributed by atoms with van der Waals surface area (Å²) in [6.07, 6.45) is 2.84. The molecule has 2 aromatic rings. The third kappa shape index (κ3) is 5.99. The number of nitrogens with zero attached hydrogens (tertiary/aromatic N) is 2. The lowest BCUT2D eigenvalue weighted by molar-refractivity contribution is 0.0748. The second-order valence-corrected chi connectivity index (χ2v) is 8.66. The molecule has 8 heteroatoms. The van der Waals surface area contributed by atoms with E-state index in [0.717, 1.165) is 55.3 Å². The van der Waals surface area contributed by atoms with Crippen molar-refractivity contribution in [3.8, 4) is 17.2 Å². The Labute approximate surface area is 201 Å². The van der Waals surface area contributed by atoms with Gasteiger partial charge in [0.05, 0.1) is 11.1 Å². The van der Waals surface area contributed by atoms with Crippen LogP contribution in [0.3, 0.4) is 0 Å². The maximum Gasteiger partial charge on any atom is 0.258 e. The molecule has 1 heterocycles. The van der Waals surface area contributed by atoms with Crippen LogP contribution < -0.4 is 10.1 Å². The number of nitrogens with one attached hydrogen (secondary N) is 1. The Bertz CT molecular complexity index is 1020. The molecule has 0 bridgehead atoms. The topological polar surface area (TPSA) is 102 Å². The van der Waals surface area contributed by atoms with E-state index >= 15 is 0 Å². The first-order chi connectivity index (χ1) is 16.3. The molecule has 0 saturated heterocycles. The molecule has 34 heavy (non-hydrogen) atoms. The van der Waals surface area contributed by atoms with Gasteiger partial charge in [0.25, 0.3) is 11.8 Å². The molecule has 0 atom stereocenters. The van der Waals surface area contributed by atoms with Crippen LogP contribution in [0.1, 0.15) is 65.0 Å². The molecule has 2 amide bonds. The molecular formula is C26H35N3O5. The zero-order valence-electron chi connectivity index (χ0n) is 20.3. The van der Waals surface area contributed by atoms with E-state index in [1.807, 2.05) is 25.1 Å². The molecule has 3 rings (SSSR count). The van der Waals surface area contributed by atoms with Crippen LogP contribution in [0.15, 0.2) is 30.3 Å². The minimum absolute atomic E-state index is 0.00341. The maximum absolute atomic E-state index is 13.2. The zero-order chi connectivity index (χ0) is 24.7. The summed E-state index contributed by atoms with van der Waals surface area (Å²) in [5.74, 6) is -0.732. The van der Waals surface area contributed by atoms with Crippen molar-refractivity contribution in [1.82, 2.24) is 15.1 Å². The van der Waals surface area contributed by atoms with E-state index in [1.54, 1.807) is 11.9 Å². The van der Waals surface area contributed by atoms with Crippen LogP contribution >= 0.6 is 0 Å². The number of carbonyl (C=O) groups excluding carboxylic acids is 2. The second kappa shape index (κ2) is 11.7. The van der Waals surface area contributed by atoms with Crippen LogP contribution in [0.25, 0.3) is 0 Å². The number of aromatic hydroxyl groups is 2. The summed E-state index contributed by atoms with van der Waals surface area (Å²) in [5.41, 5.74) is 2.00. The van der Waals surface area contributed by atoms with Gasteiger partial charge in [-0.15, -0.1) is 0 Å². The van der Waals surface area contributed by atoms with Gasteiger partial charge in [0.2, 0.25) is 0 Å². The van der Waals surface area contributed by atoms with Gasteiger partial charge in [-0.25, -0.2) is 0 Å². The van der Waals surface area contributed by atoms with E-state index in [4.69, 9.17) is 4.74 Å². The maximum atomic E-state index is 13.2. The predicted molar refractivity (Wildman–Crippen MR) is 130 cm³/mol. The minimum atomic E-state index is -0.398. The number of unbranched alkanes of at least 4 members (excludes halogenated alkanes) is 1. The zero-order valence-corrected chi connectivity index (χ0v) is 20.3. The first-order valence-corrected chi connectivity index (χ1v) is 11.9. The molecule has 0 aliphatic carbocycles. The largest absolute Gasteiger partial charge is 0.507 e. The Hall–Kier alpha value is -3.26. The number of phenolic OH excluding ortho intramolecular Hbond substituents is 2. The Morgan fingerprint density at radius 2 is 1.74 bits per heavy atom. The quantitative estimate of drug-likeness (QED) is 0.436. The molecule has 1 aliphatic rings. The number of phenols is 2. The molecule has 0 saturated carbocycles. The van der Waals surface area contributed by atoms with Crippen molar-refractivity contribution < 1.29 is 24.5 Å². The van der Waals surface area contributed by atoms with Gasteiger partial charge >= 0.3 is 0 Å². The molecule has 0 aromatic heterocycles. The fourth-order valence-corrected chi connectivity index (χ4v) is 3.94. The second-order valence-electron chi connectivity index (χ2n) is 8.66. The Morgan fingerprint density at radius 1 is 1.00 bits per heavy atom. The highest BCUT2D eigenvalue weighted by molar-refractivity contribution is 6.03. The number of ether oxygens (including phenoxy) is 1. The SMILES string of the molecule is CCCCN(C)C(=O)c1cc(C(=O)N2Cc3ccc(OCCNCCC)cc3C2)c(O)cc1O. The van der Waals surface area contributed by atoms with Gasteiger partial charge in [-0.2, -0.15) is 0 Å². The standard InChI is InChI=1S/C26H35N3O5/c1-4-6-11-28(3)25(32)21-14-22(24(31)15-23(21)30)26(33)29-16-18-7-8-20(13-19(18)17-29)34-12-10-27-9-5-2/h7-8,13-15,27,30-31H,4-6,9-12,16-17H2,1-3H3. The molecule has 8 nitrogen and oxygen atoms in total. The molecular weight excluding hydrogens is 434 g/mol. The van der Waals surface area contributed by atoms with Crippen molar-refractivity contribution in [2.45, 2.75) is 46.2 Å². The highest BCUT2D eigenvalue weighted by Crippen LogP contribution is 2.33. The lowest BCUT2D eigenvalue weighted by Crippen LogP contribution is -2.29. The number of amides is 2. The molecule has 184 valence electrons. The van der Waals surface area contributed by atoms with Crippen LogP contribution in [0, 0.1) is 0 Å². The van der Waals surface area contributed by atoms with Crippen molar-refractivity contribution in [1.29, 1.82) is 0 Å². The van der Waals surface area contributed by atoms with Gasteiger partial charge < -0.3 is 30.1 Å². The molecule has 1 aliphatic heterocycles. The van der Waals surface area contributed by atoms with Crippen LogP contribution in [-0.4, -0.2) is 65.1 Å². The normalized spacial score (nSPS) is 12.5. The highest BCUT2D eigenvalue weighted by atomic mass is 16.5. The fraction of sp³-hybridized carbons (Fsp3) is 0.462. The lowest BCUT2D eigenvalue weighted by atomic mass is 10.1. The van der Waals surface area contributed by atoms with Gasteiger partial charge in [-0.3, -0.25) is 9.59 Å². The number of rotatable bonds is 11. The average molecular weight is 470 g/mol. The Kier molecular flexibility index (Phi) is 8.76. The smallest absolute Gasteiger partial charge is 0.258 e. The predicted octanol–water partition coefficient (Wildman–Crippen LogP) is 3.50. The van der Waals surface area contributed by atoms with Crippen molar-refractivity contribution in [2.75, 3.05) is 33.3 Å². The number of carbonyl (C=O) groups is 2. The van der Waals surface area contributed by atoms with Crippen LogP contribution in [-0.2, 0) is 13.1 Å². The van der Waals surface area contributed by atoms with Gasteiger partial charge in [0, 0.05) is 39.3 Å². The molecule has 0 fully saturated rings. The summed E-state index contributed by atoms with van der Waals surface area (Å²) in [7, 11) is 1.66. The Balaban J connectivity index is 1.71.